The predicted molar refractivity (Wildman–Crippen MR) is 104 cm³/mol. The van der Waals surface area contributed by atoms with Crippen molar-refractivity contribution in [2.24, 2.45) is 0 Å². The van der Waals surface area contributed by atoms with Crippen molar-refractivity contribution in [2.75, 3.05) is 6.61 Å². The van der Waals surface area contributed by atoms with E-state index in [1.54, 1.807) is 11.8 Å². The van der Waals surface area contributed by atoms with Crippen molar-refractivity contribution in [3.05, 3.63) is 59.7 Å². The maximum Gasteiger partial charge on any atom is 0.0943 e. The third-order valence-electron chi connectivity index (χ3n) is 4.87. The van der Waals surface area contributed by atoms with Crippen LogP contribution in [0, 0.1) is 0 Å². The molecule has 0 saturated carbocycles. The molecule has 0 unspecified atom stereocenters. The molecule has 1 N–H and O–H groups in total. The van der Waals surface area contributed by atoms with E-state index >= 15 is 0 Å². The van der Waals surface area contributed by atoms with E-state index in [0.717, 1.165) is 10.5 Å². The van der Waals surface area contributed by atoms with Crippen LogP contribution < -0.4 is 0 Å². The van der Waals surface area contributed by atoms with Gasteiger partial charge in [0, 0.05) is 22.6 Å². The topological polar surface area (TPSA) is 29.5 Å². The largest absolute Gasteiger partial charge is 0.385 e. The highest BCUT2D eigenvalue weighted by molar-refractivity contribution is 7.99. The molecule has 3 heteroatoms. The lowest BCUT2D eigenvalue weighted by Crippen LogP contribution is -2.37. The maximum atomic E-state index is 11.0. The molecule has 0 aromatic heterocycles. The summed E-state index contributed by atoms with van der Waals surface area (Å²) in [5.41, 5.74) is 1.74. The zero-order valence-electron chi connectivity index (χ0n) is 15.6. The fourth-order valence-corrected chi connectivity index (χ4v) is 4.21. The van der Waals surface area contributed by atoms with Crippen LogP contribution in [0.2, 0.25) is 0 Å². The van der Waals surface area contributed by atoms with Gasteiger partial charge in [-0.3, -0.25) is 0 Å². The molecule has 0 spiro atoms. The number of benzene rings is 2. The fourth-order valence-electron chi connectivity index (χ4n) is 3.34. The van der Waals surface area contributed by atoms with Crippen LogP contribution in [0.15, 0.2) is 58.3 Å². The molecule has 134 valence electrons. The van der Waals surface area contributed by atoms with Crippen molar-refractivity contribution in [1.29, 1.82) is 0 Å². The molecule has 2 aromatic carbocycles. The van der Waals surface area contributed by atoms with Crippen molar-refractivity contribution in [2.45, 2.75) is 67.4 Å². The Morgan fingerprint density at radius 2 is 1.80 bits per heavy atom. The Kier molecular flexibility index (Phi) is 5.29. The van der Waals surface area contributed by atoms with Crippen LogP contribution in [0.4, 0.5) is 0 Å². The van der Waals surface area contributed by atoms with E-state index in [1.165, 1.54) is 10.5 Å². The van der Waals surface area contributed by atoms with E-state index in [-0.39, 0.29) is 11.5 Å². The van der Waals surface area contributed by atoms with E-state index < -0.39 is 5.60 Å². The fraction of sp³-hybridized carbons (Fsp3) is 0.455. The van der Waals surface area contributed by atoms with Gasteiger partial charge in [0.05, 0.1) is 18.3 Å². The van der Waals surface area contributed by atoms with Crippen molar-refractivity contribution < 1.29 is 9.84 Å². The molecular weight excluding hydrogens is 328 g/mol. The summed E-state index contributed by atoms with van der Waals surface area (Å²) in [6.45, 7) is 9.33. The minimum atomic E-state index is -0.773. The molecule has 2 atom stereocenters. The summed E-state index contributed by atoms with van der Waals surface area (Å²) in [5, 5.41) is 11.0. The Hall–Kier alpha value is -1.29. The second kappa shape index (κ2) is 7.14. The number of hydrogen-bond acceptors (Lipinski definition) is 3. The van der Waals surface area contributed by atoms with Gasteiger partial charge in [0.25, 0.3) is 0 Å². The van der Waals surface area contributed by atoms with Gasteiger partial charge in [0.15, 0.2) is 0 Å². The second-order valence-electron chi connectivity index (χ2n) is 8.07. The smallest absolute Gasteiger partial charge is 0.0943 e. The van der Waals surface area contributed by atoms with Crippen LogP contribution in [-0.4, -0.2) is 17.8 Å². The highest BCUT2D eigenvalue weighted by Crippen LogP contribution is 2.37. The van der Waals surface area contributed by atoms with Gasteiger partial charge >= 0.3 is 0 Å². The van der Waals surface area contributed by atoms with Crippen molar-refractivity contribution in [3.8, 4) is 0 Å². The molecule has 25 heavy (non-hydrogen) atoms. The minimum Gasteiger partial charge on any atom is -0.385 e. The molecular formula is C22H28O2S. The molecule has 0 bridgehead atoms. The van der Waals surface area contributed by atoms with Crippen LogP contribution in [-0.2, 0) is 15.8 Å². The zero-order chi connectivity index (χ0) is 18.1. The highest BCUT2D eigenvalue weighted by Gasteiger charge is 2.35. The number of hydrogen-bond donors (Lipinski definition) is 1. The van der Waals surface area contributed by atoms with Gasteiger partial charge in [0.1, 0.15) is 0 Å². The lowest BCUT2D eigenvalue weighted by molar-refractivity contribution is -0.101. The van der Waals surface area contributed by atoms with E-state index in [9.17, 15) is 5.11 Å². The van der Waals surface area contributed by atoms with Gasteiger partial charge in [0.2, 0.25) is 0 Å². The normalized spacial score (nSPS) is 24.3. The van der Waals surface area contributed by atoms with E-state index in [2.05, 4.69) is 57.2 Å². The quantitative estimate of drug-likeness (QED) is 0.785. The Balaban J connectivity index is 1.78. The number of rotatable bonds is 3. The van der Waals surface area contributed by atoms with E-state index in [4.69, 9.17) is 4.74 Å². The monoisotopic (exact) mass is 356 g/mol. The third-order valence-corrected chi connectivity index (χ3v) is 5.87. The first-order chi connectivity index (χ1) is 11.8. The maximum absolute atomic E-state index is 11.0. The first-order valence-corrected chi connectivity index (χ1v) is 9.81. The molecule has 3 rings (SSSR count). The lowest BCUT2D eigenvalue weighted by atomic mass is 9.84. The molecule has 0 amide bonds. The highest BCUT2D eigenvalue weighted by atomic mass is 32.2. The first kappa shape index (κ1) is 18.5. The summed E-state index contributed by atoms with van der Waals surface area (Å²) in [7, 11) is 0. The van der Waals surface area contributed by atoms with E-state index in [1.807, 2.05) is 19.1 Å². The van der Waals surface area contributed by atoms with Gasteiger partial charge < -0.3 is 9.84 Å². The average molecular weight is 357 g/mol. The number of aliphatic hydroxyl groups is 1. The Morgan fingerprint density at radius 3 is 2.44 bits per heavy atom. The van der Waals surface area contributed by atoms with Crippen molar-refractivity contribution in [3.63, 3.8) is 0 Å². The molecule has 1 aliphatic heterocycles. The Bertz CT molecular complexity index is 718. The summed E-state index contributed by atoms with van der Waals surface area (Å²) in [6.07, 6.45) is 1.41. The molecule has 0 radical (unpaired) electrons. The number of ether oxygens (including phenoxy) is 1. The molecule has 2 nitrogen and oxygen atoms in total. The van der Waals surface area contributed by atoms with Gasteiger partial charge in [-0.05, 0) is 47.7 Å². The molecule has 2 aromatic rings. The second-order valence-corrected chi connectivity index (χ2v) is 9.22. The average Bonchev–Trinajstić information content (AvgIpc) is 2.55. The standard InChI is InChI=1S/C22H28O2S/c1-16-15-22(23,12-13-24-16)18-6-5-7-20(14-18)25-19-10-8-17(9-11-19)21(2,3)4/h5-11,14,16,23H,12-13,15H2,1-4H3/t16-,22+/m0/s1. The van der Waals surface area contributed by atoms with Crippen LogP contribution in [0.25, 0.3) is 0 Å². The van der Waals surface area contributed by atoms with Gasteiger partial charge in [-0.2, -0.15) is 0 Å². The molecule has 0 aliphatic carbocycles. The summed E-state index contributed by atoms with van der Waals surface area (Å²) >= 11 is 1.74. The van der Waals surface area contributed by atoms with Crippen molar-refractivity contribution in [1.82, 2.24) is 0 Å². The van der Waals surface area contributed by atoms with Gasteiger partial charge in [-0.15, -0.1) is 0 Å². The summed E-state index contributed by atoms with van der Waals surface area (Å²) in [6, 6.07) is 17.1. The molecule has 1 heterocycles. The van der Waals surface area contributed by atoms with Crippen LogP contribution in [0.3, 0.4) is 0 Å². The predicted octanol–water partition coefficient (Wildman–Crippen LogP) is 5.52. The van der Waals surface area contributed by atoms with Crippen molar-refractivity contribution >= 4 is 11.8 Å². The summed E-state index contributed by atoms with van der Waals surface area (Å²) in [4.78, 5) is 2.38. The Labute approximate surface area is 155 Å². The summed E-state index contributed by atoms with van der Waals surface area (Å²) < 4.78 is 5.59. The van der Waals surface area contributed by atoms with Gasteiger partial charge in [-0.25, -0.2) is 0 Å². The third kappa shape index (κ3) is 4.46. The van der Waals surface area contributed by atoms with Gasteiger partial charge in [-0.1, -0.05) is 56.8 Å². The zero-order valence-corrected chi connectivity index (χ0v) is 16.4. The molecule has 1 aliphatic rings. The lowest BCUT2D eigenvalue weighted by Gasteiger charge is -2.36. The minimum absolute atomic E-state index is 0.0972. The first-order valence-electron chi connectivity index (χ1n) is 8.99. The van der Waals surface area contributed by atoms with E-state index in [0.29, 0.717) is 19.4 Å². The summed E-state index contributed by atoms with van der Waals surface area (Å²) in [5.74, 6) is 0. The molecule has 1 fully saturated rings. The van der Waals surface area contributed by atoms with Crippen LogP contribution >= 0.6 is 11.8 Å². The van der Waals surface area contributed by atoms with Crippen LogP contribution in [0.5, 0.6) is 0 Å². The molecule has 1 saturated heterocycles. The van der Waals surface area contributed by atoms with Crippen LogP contribution in [0.1, 0.15) is 51.7 Å². The SMILES string of the molecule is C[C@H]1C[C@@](O)(c2cccc(Sc3ccc(C(C)(C)C)cc3)c2)CCO1. The Morgan fingerprint density at radius 1 is 1.08 bits per heavy atom.